The Morgan fingerprint density at radius 2 is 2.06 bits per heavy atom. The fourth-order valence-corrected chi connectivity index (χ4v) is 1.30. The van der Waals surface area contributed by atoms with Crippen LogP contribution >= 0.6 is 0 Å². The van der Waals surface area contributed by atoms with Crippen molar-refractivity contribution >= 4 is 6.29 Å². The second-order valence-electron chi connectivity index (χ2n) is 3.52. The number of pyridine rings is 1. The number of hydrogen-bond acceptors (Lipinski definition) is 4. The van der Waals surface area contributed by atoms with Gasteiger partial charge in [0.05, 0.1) is 12.8 Å². The quantitative estimate of drug-likeness (QED) is 0.539. The van der Waals surface area contributed by atoms with E-state index in [2.05, 4.69) is 4.98 Å². The zero-order chi connectivity index (χ0) is 11.6. The van der Waals surface area contributed by atoms with Crippen molar-refractivity contribution in [3.05, 3.63) is 24.0 Å². The molecule has 0 aliphatic rings. The first-order valence-corrected chi connectivity index (χ1v) is 5.51. The fraction of sp³-hybridized carbons (Fsp3) is 0.500. The summed E-state index contributed by atoms with van der Waals surface area (Å²) >= 11 is 0. The molecule has 1 heterocycles. The number of aldehydes is 1. The molecule has 0 amide bonds. The van der Waals surface area contributed by atoms with E-state index in [1.165, 1.54) is 0 Å². The third-order valence-corrected chi connectivity index (χ3v) is 2.20. The molecule has 0 saturated heterocycles. The number of unbranched alkanes of at least 4 members (excludes halogenated alkanes) is 3. The van der Waals surface area contributed by atoms with E-state index in [9.17, 15) is 4.79 Å². The Hall–Kier alpha value is -1.42. The molecule has 0 unspecified atom stereocenters. The lowest BCUT2D eigenvalue weighted by Gasteiger charge is -2.05. The van der Waals surface area contributed by atoms with Crippen LogP contribution in [0.1, 0.15) is 36.2 Å². The molecule has 0 aromatic carbocycles. The van der Waals surface area contributed by atoms with E-state index >= 15 is 0 Å². The predicted octanol–water partition coefficient (Wildman–Crippen LogP) is 1.83. The van der Waals surface area contributed by atoms with Gasteiger partial charge in [-0.25, -0.2) is 4.98 Å². The summed E-state index contributed by atoms with van der Waals surface area (Å²) in [5.41, 5.74) is 0.412. The van der Waals surface area contributed by atoms with Gasteiger partial charge in [-0.05, 0) is 31.4 Å². The molecule has 0 aliphatic carbocycles. The van der Waals surface area contributed by atoms with Gasteiger partial charge in [0, 0.05) is 6.61 Å². The highest BCUT2D eigenvalue weighted by Crippen LogP contribution is 2.09. The van der Waals surface area contributed by atoms with Gasteiger partial charge in [0.1, 0.15) is 11.4 Å². The summed E-state index contributed by atoms with van der Waals surface area (Å²) in [6.45, 7) is 0.908. The van der Waals surface area contributed by atoms with Gasteiger partial charge in [-0.3, -0.25) is 4.79 Å². The summed E-state index contributed by atoms with van der Waals surface area (Å²) in [5, 5.41) is 8.58. The first-order valence-electron chi connectivity index (χ1n) is 5.51. The van der Waals surface area contributed by atoms with Crippen molar-refractivity contribution in [2.24, 2.45) is 0 Å². The second kappa shape index (κ2) is 7.82. The molecular formula is C12H17NO3. The Bertz CT molecular complexity index is 298. The van der Waals surface area contributed by atoms with Crippen molar-refractivity contribution in [1.82, 2.24) is 4.98 Å². The monoisotopic (exact) mass is 223 g/mol. The zero-order valence-corrected chi connectivity index (χ0v) is 9.26. The molecule has 4 heteroatoms. The lowest BCUT2D eigenvalue weighted by molar-refractivity contribution is 0.111. The molecular weight excluding hydrogens is 206 g/mol. The van der Waals surface area contributed by atoms with E-state index in [-0.39, 0.29) is 6.61 Å². The van der Waals surface area contributed by atoms with Crippen LogP contribution in [0.15, 0.2) is 18.3 Å². The van der Waals surface area contributed by atoms with Gasteiger partial charge < -0.3 is 9.84 Å². The molecule has 0 bridgehead atoms. The van der Waals surface area contributed by atoms with E-state index in [0.717, 1.165) is 25.7 Å². The summed E-state index contributed by atoms with van der Waals surface area (Å²) in [7, 11) is 0. The minimum atomic E-state index is 0.262. The highest BCUT2D eigenvalue weighted by atomic mass is 16.5. The Labute approximate surface area is 95.3 Å². The Kier molecular flexibility index (Phi) is 6.18. The molecule has 88 valence electrons. The van der Waals surface area contributed by atoms with Gasteiger partial charge >= 0.3 is 0 Å². The third kappa shape index (κ3) is 4.89. The molecule has 1 aromatic heterocycles. The molecule has 1 aromatic rings. The molecule has 0 saturated carbocycles. The first kappa shape index (κ1) is 12.6. The minimum absolute atomic E-state index is 0.262. The minimum Gasteiger partial charge on any atom is -0.492 e. The number of aliphatic hydroxyl groups excluding tert-OH is 1. The smallest absolute Gasteiger partial charge is 0.168 e. The normalized spacial score (nSPS) is 10.1. The SMILES string of the molecule is O=Cc1ccc(OCCCCCCO)cn1. The summed E-state index contributed by atoms with van der Waals surface area (Å²) in [6.07, 6.45) is 6.17. The van der Waals surface area contributed by atoms with Crippen LogP contribution in [0.3, 0.4) is 0 Å². The summed E-state index contributed by atoms with van der Waals surface area (Å²) in [5.74, 6) is 0.688. The number of aromatic nitrogens is 1. The molecule has 0 radical (unpaired) electrons. The maximum atomic E-state index is 10.4. The molecule has 0 aliphatic heterocycles. The highest BCUT2D eigenvalue weighted by molar-refractivity contribution is 5.71. The number of rotatable bonds is 8. The van der Waals surface area contributed by atoms with Crippen LogP contribution in [0.25, 0.3) is 0 Å². The maximum absolute atomic E-state index is 10.4. The van der Waals surface area contributed by atoms with Crippen molar-refractivity contribution < 1.29 is 14.6 Å². The molecule has 1 N–H and O–H groups in total. The molecule has 1 rings (SSSR count). The van der Waals surface area contributed by atoms with Gasteiger partial charge in [-0.2, -0.15) is 0 Å². The maximum Gasteiger partial charge on any atom is 0.168 e. The predicted molar refractivity (Wildman–Crippen MR) is 60.7 cm³/mol. The van der Waals surface area contributed by atoms with Gasteiger partial charge in [0.15, 0.2) is 6.29 Å². The summed E-state index contributed by atoms with van der Waals surface area (Å²) in [6, 6.07) is 3.37. The molecule has 0 atom stereocenters. The number of carbonyl (C=O) groups excluding carboxylic acids is 1. The van der Waals surface area contributed by atoms with E-state index in [1.807, 2.05) is 0 Å². The van der Waals surface area contributed by atoms with Crippen LogP contribution in [-0.2, 0) is 0 Å². The number of nitrogens with zero attached hydrogens (tertiary/aromatic N) is 1. The van der Waals surface area contributed by atoms with Crippen molar-refractivity contribution in [1.29, 1.82) is 0 Å². The second-order valence-corrected chi connectivity index (χ2v) is 3.52. The summed E-state index contributed by atoms with van der Waals surface area (Å²) < 4.78 is 5.44. The number of hydrogen-bond donors (Lipinski definition) is 1. The summed E-state index contributed by atoms with van der Waals surface area (Å²) in [4.78, 5) is 14.3. The van der Waals surface area contributed by atoms with Crippen LogP contribution in [-0.4, -0.2) is 29.6 Å². The standard InChI is InChI=1S/C12H17NO3/c14-7-3-1-2-4-8-16-12-6-5-11(10-15)13-9-12/h5-6,9-10,14H,1-4,7-8H2. The van der Waals surface area contributed by atoms with Crippen molar-refractivity contribution in [2.75, 3.05) is 13.2 Å². The molecule has 0 fully saturated rings. The number of aliphatic hydroxyl groups is 1. The average molecular weight is 223 g/mol. The average Bonchev–Trinajstić information content (AvgIpc) is 2.34. The van der Waals surface area contributed by atoms with Gasteiger partial charge in [0.2, 0.25) is 0 Å². The van der Waals surface area contributed by atoms with Crippen LogP contribution in [0, 0.1) is 0 Å². The number of ether oxygens (including phenoxy) is 1. The van der Waals surface area contributed by atoms with Gasteiger partial charge in [0.25, 0.3) is 0 Å². The van der Waals surface area contributed by atoms with Crippen LogP contribution in [0.4, 0.5) is 0 Å². The van der Waals surface area contributed by atoms with E-state index in [0.29, 0.717) is 24.3 Å². The van der Waals surface area contributed by atoms with Gasteiger partial charge in [-0.15, -0.1) is 0 Å². The van der Waals surface area contributed by atoms with Crippen LogP contribution < -0.4 is 4.74 Å². The lowest BCUT2D eigenvalue weighted by Crippen LogP contribution is -1.98. The molecule has 4 nitrogen and oxygen atoms in total. The number of carbonyl (C=O) groups is 1. The van der Waals surface area contributed by atoms with E-state index in [1.54, 1.807) is 18.3 Å². The Morgan fingerprint density at radius 3 is 2.69 bits per heavy atom. The third-order valence-electron chi connectivity index (χ3n) is 2.20. The van der Waals surface area contributed by atoms with Crippen molar-refractivity contribution in [3.63, 3.8) is 0 Å². The first-order chi connectivity index (χ1) is 7.86. The Morgan fingerprint density at radius 1 is 1.25 bits per heavy atom. The van der Waals surface area contributed by atoms with E-state index < -0.39 is 0 Å². The molecule has 0 spiro atoms. The van der Waals surface area contributed by atoms with Crippen molar-refractivity contribution in [2.45, 2.75) is 25.7 Å². The van der Waals surface area contributed by atoms with Crippen LogP contribution in [0.2, 0.25) is 0 Å². The van der Waals surface area contributed by atoms with E-state index in [4.69, 9.17) is 9.84 Å². The van der Waals surface area contributed by atoms with Crippen LogP contribution in [0.5, 0.6) is 5.75 Å². The zero-order valence-electron chi connectivity index (χ0n) is 9.26. The fourth-order valence-electron chi connectivity index (χ4n) is 1.30. The van der Waals surface area contributed by atoms with Crippen molar-refractivity contribution in [3.8, 4) is 5.75 Å². The topological polar surface area (TPSA) is 59.4 Å². The Balaban J connectivity index is 2.14. The molecule has 16 heavy (non-hydrogen) atoms. The lowest BCUT2D eigenvalue weighted by atomic mass is 10.2. The largest absolute Gasteiger partial charge is 0.492 e. The highest BCUT2D eigenvalue weighted by Gasteiger charge is 1.95. The van der Waals surface area contributed by atoms with Gasteiger partial charge in [-0.1, -0.05) is 6.42 Å².